The number of benzene rings is 2. The maximum absolute atomic E-state index is 13.6. The first kappa shape index (κ1) is 16.6. The van der Waals surface area contributed by atoms with Crippen LogP contribution in [-0.4, -0.2) is 10.9 Å². The van der Waals surface area contributed by atoms with Crippen LogP contribution in [0.4, 0.5) is 26.0 Å². The number of carbonyl (C=O) groups excluding carboxylic acids is 1. The van der Waals surface area contributed by atoms with Crippen molar-refractivity contribution in [1.82, 2.24) is 4.98 Å². The van der Waals surface area contributed by atoms with Gasteiger partial charge in [0, 0.05) is 5.56 Å². The van der Waals surface area contributed by atoms with Gasteiger partial charge in [-0.05, 0) is 43.3 Å². The number of rotatable bonds is 4. The third-order valence-corrected chi connectivity index (χ3v) is 3.52. The number of nitrogens with zero attached hydrogens (tertiary/aromatic N) is 1. The monoisotopic (exact) mass is 339 g/mol. The molecule has 1 aromatic heterocycles. The molecule has 126 valence electrons. The van der Waals surface area contributed by atoms with E-state index in [2.05, 4.69) is 15.6 Å². The summed E-state index contributed by atoms with van der Waals surface area (Å²) in [7, 11) is 0. The fourth-order valence-corrected chi connectivity index (χ4v) is 2.28. The Morgan fingerprint density at radius 1 is 1.00 bits per heavy atom. The highest BCUT2D eigenvalue weighted by Gasteiger charge is 2.10. The standard InChI is InChI=1S/C19H15F2N3O/c1-12-4-2-5-13(10-12)19(25)24-17-9-8-14(11-22-17)23-18-15(20)6-3-7-16(18)21/h2-11,23H,1H3,(H,22,24,25). The molecule has 3 rings (SSSR count). The van der Waals surface area contributed by atoms with Crippen molar-refractivity contribution in [3.63, 3.8) is 0 Å². The smallest absolute Gasteiger partial charge is 0.256 e. The highest BCUT2D eigenvalue weighted by molar-refractivity contribution is 6.03. The third-order valence-electron chi connectivity index (χ3n) is 3.52. The van der Waals surface area contributed by atoms with Crippen molar-refractivity contribution in [2.75, 3.05) is 10.6 Å². The average molecular weight is 339 g/mol. The normalized spacial score (nSPS) is 10.4. The molecule has 0 spiro atoms. The van der Waals surface area contributed by atoms with Crippen molar-refractivity contribution in [3.05, 3.63) is 83.6 Å². The minimum atomic E-state index is -0.697. The molecule has 6 heteroatoms. The Kier molecular flexibility index (Phi) is 4.70. The maximum Gasteiger partial charge on any atom is 0.256 e. The van der Waals surface area contributed by atoms with Crippen LogP contribution in [0, 0.1) is 18.6 Å². The number of hydrogen-bond donors (Lipinski definition) is 2. The fraction of sp³-hybridized carbons (Fsp3) is 0.0526. The first-order valence-corrected chi connectivity index (χ1v) is 7.58. The minimum Gasteiger partial charge on any atom is -0.349 e. The van der Waals surface area contributed by atoms with Crippen molar-refractivity contribution >= 4 is 23.1 Å². The lowest BCUT2D eigenvalue weighted by Crippen LogP contribution is -2.13. The van der Waals surface area contributed by atoms with Gasteiger partial charge in [-0.15, -0.1) is 0 Å². The van der Waals surface area contributed by atoms with E-state index >= 15 is 0 Å². The number of hydrogen-bond acceptors (Lipinski definition) is 3. The molecule has 0 aliphatic carbocycles. The van der Waals surface area contributed by atoms with Crippen molar-refractivity contribution in [3.8, 4) is 0 Å². The van der Waals surface area contributed by atoms with Crippen LogP contribution in [0.5, 0.6) is 0 Å². The summed E-state index contributed by atoms with van der Waals surface area (Å²) in [6.45, 7) is 1.90. The number of carbonyl (C=O) groups is 1. The largest absolute Gasteiger partial charge is 0.349 e. The van der Waals surface area contributed by atoms with E-state index in [1.54, 1.807) is 30.3 Å². The van der Waals surface area contributed by atoms with E-state index in [9.17, 15) is 13.6 Å². The van der Waals surface area contributed by atoms with Crippen LogP contribution in [0.3, 0.4) is 0 Å². The Hall–Kier alpha value is -3.28. The van der Waals surface area contributed by atoms with Gasteiger partial charge in [0.05, 0.1) is 11.9 Å². The van der Waals surface area contributed by atoms with E-state index in [4.69, 9.17) is 0 Å². The van der Waals surface area contributed by atoms with Crippen LogP contribution in [0.2, 0.25) is 0 Å². The molecule has 0 atom stereocenters. The van der Waals surface area contributed by atoms with Gasteiger partial charge in [0.25, 0.3) is 5.91 Å². The Morgan fingerprint density at radius 3 is 2.36 bits per heavy atom. The van der Waals surface area contributed by atoms with Gasteiger partial charge in [-0.25, -0.2) is 13.8 Å². The molecule has 0 unspecified atom stereocenters. The van der Waals surface area contributed by atoms with Gasteiger partial charge in [-0.1, -0.05) is 23.8 Å². The van der Waals surface area contributed by atoms with Crippen molar-refractivity contribution < 1.29 is 13.6 Å². The van der Waals surface area contributed by atoms with Crippen LogP contribution in [0.1, 0.15) is 15.9 Å². The quantitative estimate of drug-likeness (QED) is 0.727. The van der Waals surface area contributed by atoms with Gasteiger partial charge in [0.1, 0.15) is 23.1 Å². The summed E-state index contributed by atoms with van der Waals surface area (Å²) in [6.07, 6.45) is 1.39. The Bertz CT molecular complexity index is 891. The fourth-order valence-electron chi connectivity index (χ4n) is 2.28. The van der Waals surface area contributed by atoms with Crippen molar-refractivity contribution in [2.45, 2.75) is 6.92 Å². The lowest BCUT2D eigenvalue weighted by molar-refractivity contribution is 0.102. The zero-order valence-corrected chi connectivity index (χ0v) is 13.4. The van der Waals surface area contributed by atoms with Crippen LogP contribution in [0.15, 0.2) is 60.8 Å². The molecule has 0 radical (unpaired) electrons. The molecule has 1 heterocycles. The van der Waals surface area contributed by atoms with Gasteiger partial charge in [-0.2, -0.15) is 0 Å². The SMILES string of the molecule is Cc1cccc(C(=O)Nc2ccc(Nc3c(F)cccc3F)cn2)c1. The first-order chi connectivity index (χ1) is 12.0. The summed E-state index contributed by atoms with van der Waals surface area (Å²) in [5.74, 6) is -1.34. The molecular formula is C19H15F2N3O. The van der Waals surface area contributed by atoms with E-state index < -0.39 is 11.6 Å². The van der Waals surface area contributed by atoms with Crippen LogP contribution < -0.4 is 10.6 Å². The summed E-state index contributed by atoms with van der Waals surface area (Å²) >= 11 is 0. The molecule has 0 aliphatic rings. The lowest BCUT2D eigenvalue weighted by atomic mass is 10.1. The zero-order chi connectivity index (χ0) is 17.8. The molecule has 0 aliphatic heterocycles. The number of amides is 1. The molecule has 0 fully saturated rings. The summed E-state index contributed by atoms with van der Waals surface area (Å²) in [6, 6.07) is 13.9. The van der Waals surface area contributed by atoms with Crippen molar-refractivity contribution in [2.24, 2.45) is 0 Å². The number of anilines is 3. The summed E-state index contributed by atoms with van der Waals surface area (Å²) in [5, 5.41) is 5.31. The Balaban J connectivity index is 1.71. The molecule has 0 saturated carbocycles. The number of para-hydroxylation sites is 1. The summed E-state index contributed by atoms with van der Waals surface area (Å²) in [4.78, 5) is 16.2. The number of aromatic nitrogens is 1. The van der Waals surface area contributed by atoms with Crippen LogP contribution >= 0.6 is 0 Å². The third kappa shape index (κ3) is 3.98. The molecule has 2 aromatic carbocycles. The molecule has 1 amide bonds. The van der Waals surface area contributed by atoms with E-state index in [1.165, 1.54) is 12.3 Å². The molecule has 3 aromatic rings. The molecule has 0 bridgehead atoms. The topological polar surface area (TPSA) is 54.0 Å². The van der Waals surface area contributed by atoms with E-state index in [0.29, 0.717) is 17.1 Å². The second kappa shape index (κ2) is 7.09. The maximum atomic E-state index is 13.6. The Morgan fingerprint density at radius 2 is 1.72 bits per heavy atom. The van der Waals surface area contributed by atoms with Crippen LogP contribution in [-0.2, 0) is 0 Å². The van der Waals surface area contributed by atoms with Gasteiger partial charge >= 0.3 is 0 Å². The number of aryl methyl sites for hydroxylation is 1. The van der Waals surface area contributed by atoms with E-state index in [0.717, 1.165) is 17.7 Å². The molecule has 4 nitrogen and oxygen atoms in total. The predicted octanol–water partition coefficient (Wildman–Crippen LogP) is 4.66. The average Bonchev–Trinajstić information content (AvgIpc) is 2.60. The molecular weight excluding hydrogens is 324 g/mol. The number of halogens is 2. The molecule has 0 saturated heterocycles. The molecule has 25 heavy (non-hydrogen) atoms. The summed E-state index contributed by atoms with van der Waals surface area (Å²) in [5.41, 5.74) is 1.66. The van der Waals surface area contributed by atoms with Gasteiger partial charge in [0.2, 0.25) is 0 Å². The van der Waals surface area contributed by atoms with E-state index in [-0.39, 0.29) is 11.6 Å². The lowest BCUT2D eigenvalue weighted by Gasteiger charge is -2.09. The predicted molar refractivity (Wildman–Crippen MR) is 93.0 cm³/mol. The highest BCUT2D eigenvalue weighted by atomic mass is 19.1. The van der Waals surface area contributed by atoms with Gasteiger partial charge in [0.15, 0.2) is 0 Å². The van der Waals surface area contributed by atoms with E-state index in [1.807, 2.05) is 13.0 Å². The van der Waals surface area contributed by atoms with Gasteiger partial charge in [-0.3, -0.25) is 4.79 Å². The van der Waals surface area contributed by atoms with Gasteiger partial charge < -0.3 is 10.6 Å². The molecule has 2 N–H and O–H groups in total. The van der Waals surface area contributed by atoms with Crippen LogP contribution in [0.25, 0.3) is 0 Å². The Labute approximate surface area is 143 Å². The second-order valence-corrected chi connectivity index (χ2v) is 5.48. The zero-order valence-electron chi connectivity index (χ0n) is 13.4. The van der Waals surface area contributed by atoms with Crippen molar-refractivity contribution in [1.29, 1.82) is 0 Å². The minimum absolute atomic E-state index is 0.249. The first-order valence-electron chi connectivity index (χ1n) is 7.58. The summed E-state index contributed by atoms with van der Waals surface area (Å²) < 4.78 is 27.3. The number of pyridine rings is 1. The number of nitrogens with one attached hydrogen (secondary N) is 2. The highest BCUT2D eigenvalue weighted by Crippen LogP contribution is 2.23. The second-order valence-electron chi connectivity index (χ2n) is 5.48.